The van der Waals surface area contributed by atoms with Gasteiger partial charge < -0.3 is 32.5 Å². The Kier molecular flexibility index (Phi) is 417. The van der Waals surface area contributed by atoms with Gasteiger partial charge in [-0.05, 0) is 13.8 Å². The Morgan fingerprint density at radius 2 is 0.800 bits per heavy atom. The van der Waals surface area contributed by atoms with Gasteiger partial charge in [-0.2, -0.15) is 0 Å². The van der Waals surface area contributed by atoms with E-state index in [0.717, 1.165) is 0 Å². The fourth-order valence-electron chi connectivity index (χ4n) is 0. The summed E-state index contributed by atoms with van der Waals surface area (Å²) in [5.74, 6) is 0. The Labute approximate surface area is 77.2 Å². The molecule has 0 amide bonds. The first-order valence-electron chi connectivity index (χ1n) is 1.41. The van der Waals surface area contributed by atoms with Gasteiger partial charge in [0.05, 0.1) is 0 Å². The van der Waals surface area contributed by atoms with Crippen LogP contribution in [0.1, 0.15) is 13.8 Å². The SMILES string of the molecule is CC(C)O.O.O.O.O.O.[Sb]. The van der Waals surface area contributed by atoms with E-state index in [1.165, 1.54) is 0 Å². The maximum absolute atomic E-state index is 8.06. The van der Waals surface area contributed by atoms with Crippen molar-refractivity contribution < 1.29 is 32.5 Å². The molecule has 0 aliphatic rings. The number of aliphatic hydroxyl groups excluding tert-OH is 1. The van der Waals surface area contributed by atoms with Gasteiger partial charge in [0.1, 0.15) is 0 Å². The van der Waals surface area contributed by atoms with Gasteiger partial charge in [-0.1, -0.05) is 0 Å². The zero-order chi connectivity index (χ0) is 3.58. The van der Waals surface area contributed by atoms with Crippen molar-refractivity contribution in [1.29, 1.82) is 0 Å². The maximum atomic E-state index is 8.06. The second-order valence-corrected chi connectivity index (χ2v) is 1.09. The zero-order valence-corrected chi connectivity index (χ0v) is 8.52. The molecule has 0 aromatic rings. The molecule has 6 nitrogen and oxygen atoms in total. The second-order valence-electron chi connectivity index (χ2n) is 1.09. The molecule has 0 rings (SSSR count). The first-order valence-corrected chi connectivity index (χ1v) is 1.41. The van der Waals surface area contributed by atoms with Crippen molar-refractivity contribution in [1.82, 2.24) is 0 Å². The molecule has 0 fully saturated rings. The number of hydrogen-bond donors (Lipinski definition) is 1. The molecule has 0 unspecified atom stereocenters. The van der Waals surface area contributed by atoms with E-state index >= 15 is 0 Å². The van der Waals surface area contributed by atoms with Crippen LogP contribution in [0.2, 0.25) is 0 Å². The average Bonchev–Trinajstić information content (AvgIpc) is 0.811. The van der Waals surface area contributed by atoms with Gasteiger partial charge in [0.25, 0.3) is 0 Å². The Hall–Kier alpha value is 0.578. The summed E-state index contributed by atoms with van der Waals surface area (Å²) in [4.78, 5) is 0. The smallest absolute Gasteiger partial charge is 0.0483 e. The molecule has 0 saturated heterocycles. The van der Waals surface area contributed by atoms with Crippen molar-refractivity contribution in [3.63, 3.8) is 0 Å². The molecule has 0 bridgehead atoms. The van der Waals surface area contributed by atoms with Crippen LogP contribution in [0, 0.1) is 0 Å². The molecule has 0 aromatic carbocycles. The van der Waals surface area contributed by atoms with Crippen LogP contribution < -0.4 is 0 Å². The predicted octanol–water partition coefficient (Wildman–Crippen LogP) is -4.12. The van der Waals surface area contributed by atoms with Gasteiger partial charge in [0.2, 0.25) is 0 Å². The van der Waals surface area contributed by atoms with Crippen LogP contribution >= 0.6 is 0 Å². The molecular weight excluding hydrogens is 254 g/mol. The molecular formula is C3H18O6Sb. The van der Waals surface area contributed by atoms with Gasteiger partial charge >= 0.3 is 0 Å². The first-order chi connectivity index (χ1) is 1.73. The molecule has 0 aliphatic heterocycles. The Bertz CT molecular complexity index is 17.7. The molecule has 0 saturated carbocycles. The minimum atomic E-state index is -0.167. The second kappa shape index (κ2) is 55.0. The topological polar surface area (TPSA) is 178 Å². The summed E-state index contributed by atoms with van der Waals surface area (Å²) in [5.41, 5.74) is 0. The molecule has 10 heavy (non-hydrogen) atoms. The molecule has 7 heteroatoms. The van der Waals surface area contributed by atoms with Crippen molar-refractivity contribution >= 4 is 24.4 Å². The number of hydrogen-bond acceptors (Lipinski definition) is 1. The third-order valence-electron chi connectivity index (χ3n) is 0. The van der Waals surface area contributed by atoms with Crippen LogP contribution in [0.5, 0.6) is 0 Å². The van der Waals surface area contributed by atoms with Crippen LogP contribution in [0.15, 0.2) is 0 Å². The van der Waals surface area contributed by atoms with Crippen molar-refractivity contribution in [2.24, 2.45) is 0 Å². The standard InChI is InChI=1S/C3H8O.5H2O.Sb/c1-3(2)4;;;;;;/h3-4H,1-2H3;5*1H2;. The molecule has 11 N–H and O–H groups in total. The van der Waals surface area contributed by atoms with Crippen molar-refractivity contribution in [2.45, 2.75) is 20.0 Å². The summed E-state index contributed by atoms with van der Waals surface area (Å²) in [6.45, 7) is 3.44. The fraction of sp³-hybridized carbons (Fsp3) is 1.00. The van der Waals surface area contributed by atoms with Crippen LogP contribution in [-0.2, 0) is 0 Å². The van der Waals surface area contributed by atoms with Crippen molar-refractivity contribution in [3.05, 3.63) is 0 Å². The molecule has 3 radical (unpaired) electrons. The van der Waals surface area contributed by atoms with Crippen LogP contribution in [0.25, 0.3) is 0 Å². The van der Waals surface area contributed by atoms with Crippen LogP contribution in [-0.4, -0.2) is 63.0 Å². The Morgan fingerprint density at radius 3 is 0.800 bits per heavy atom. The monoisotopic (exact) mass is 271 g/mol. The van der Waals surface area contributed by atoms with Gasteiger partial charge in [-0.15, -0.1) is 0 Å². The summed E-state index contributed by atoms with van der Waals surface area (Å²) in [6, 6.07) is 0. The predicted molar refractivity (Wildman–Crippen MR) is 41.2 cm³/mol. The first kappa shape index (κ1) is 75.8. The van der Waals surface area contributed by atoms with Gasteiger partial charge in [0.15, 0.2) is 0 Å². The average molecular weight is 272 g/mol. The molecule has 0 atom stereocenters. The van der Waals surface area contributed by atoms with Crippen molar-refractivity contribution in [3.8, 4) is 0 Å². The third-order valence-corrected chi connectivity index (χ3v) is 0. The van der Waals surface area contributed by atoms with Crippen LogP contribution in [0.3, 0.4) is 0 Å². The fourth-order valence-corrected chi connectivity index (χ4v) is 0. The van der Waals surface area contributed by atoms with Gasteiger partial charge in [-0.25, -0.2) is 0 Å². The van der Waals surface area contributed by atoms with Crippen molar-refractivity contribution in [2.75, 3.05) is 0 Å². The Morgan fingerprint density at radius 1 is 0.800 bits per heavy atom. The summed E-state index contributed by atoms with van der Waals surface area (Å²) >= 11 is 0. The maximum Gasteiger partial charge on any atom is 0.0483 e. The summed E-state index contributed by atoms with van der Waals surface area (Å²) in [7, 11) is 0. The number of rotatable bonds is 0. The molecule has 0 aromatic heterocycles. The van der Waals surface area contributed by atoms with E-state index in [-0.39, 0.29) is 57.9 Å². The van der Waals surface area contributed by atoms with E-state index < -0.39 is 0 Å². The number of aliphatic hydroxyl groups is 1. The van der Waals surface area contributed by atoms with E-state index in [0.29, 0.717) is 0 Å². The molecule has 0 heterocycles. The molecule has 71 valence electrons. The Balaban J connectivity index is -0.00000000300. The largest absolute Gasteiger partial charge is 0.412 e. The van der Waals surface area contributed by atoms with E-state index in [1.807, 2.05) is 0 Å². The minimum Gasteiger partial charge on any atom is -0.412 e. The molecule has 0 aliphatic carbocycles. The van der Waals surface area contributed by atoms with E-state index in [4.69, 9.17) is 5.11 Å². The van der Waals surface area contributed by atoms with E-state index in [1.54, 1.807) is 13.8 Å². The molecule has 0 spiro atoms. The van der Waals surface area contributed by atoms with Gasteiger partial charge in [0, 0.05) is 30.5 Å². The minimum absolute atomic E-state index is 0. The summed E-state index contributed by atoms with van der Waals surface area (Å²) < 4.78 is 0. The van der Waals surface area contributed by atoms with Gasteiger partial charge in [-0.3, -0.25) is 0 Å². The zero-order valence-electron chi connectivity index (χ0n) is 5.97. The van der Waals surface area contributed by atoms with E-state index in [9.17, 15) is 0 Å². The summed E-state index contributed by atoms with van der Waals surface area (Å²) in [5, 5.41) is 8.06. The summed E-state index contributed by atoms with van der Waals surface area (Å²) in [6.07, 6.45) is -0.167. The quantitative estimate of drug-likeness (QED) is 0.433. The third kappa shape index (κ3) is 1470. The van der Waals surface area contributed by atoms with Crippen LogP contribution in [0.4, 0.5) is 0 Å². The normalized spacial score (nSPS) is 3.60. The van der Waals surface area contributed by atoms with E-state index in [2.05, 4.69) is 0 Å².